The van der Waals surface area contributed by atoms with Crippen LogP contribution in [0.4, 0.5) is 11.4 Å². The maximum atomic E-state index is 12.0. The Morgan fingerprint density at radius 2 is 2.26 bits per heavy atom. The third-order valence-corrected chi connectivity index (χ3v) is 4.08. The molecule has 1 unspecified atom stereocenters. The molecule has 0 saturated carbocycles. The van der Waals surface area contributed by atoms with E-state index in [0.29, 0.717) is 0 Å². The number of rotatable bonds is 6. The molecule has 1 aliphatic heterocycles. The number of carbonyl (C=O) groups is 1. The first-order valence-corrected chi connectivity index (χ1v) is 7.72. The van der Waals surface area contributed by atoms with E-state index in [4.69, 9.17) is 0 Å². The standard InChI is InChI=1S/C18H24N4O/c1-6-22(5)17-11-14(8-10-15(17)19-4)13(3)21-16-9-7-12(2)20-18(16)23/h8,10-11,16,21H,2-4,6-7,9H2,1,5H3,(H,20,23). The van der Waals surface area contributed by atoms with Gasteiger partial charge in [-0.3, -0.25) is 9.79 Å². The summed E-state index contributed by atoms with van der Waals surface area (Å²) < 4.78 is 0. The lowest BCUT2D eigenvalue weighted by Crippen LogP contribution is -2.46. The van der Waals surface area contributed by atoms with Gasteiger partial charge in [-0.2, -0.15) is 0 Å². The molecule has 5 nitrogen and oxygen atoms in total. The van der Waals surface area contributed by atoms with Crippen molar-refractivity contribution in [3.63, 3.8) is 0 Å². The molecule has 1 fully saturated rings. The van der Waals surface area contributed by atoms with Crippen LogP contribution in [0, 0.1) is 0 Å². The zero-order valence-corrected chi connectivity index (χ0v) is 13.9. The highest BCUT2D eigenvalue weighted by molar-refractivity contribution is 5.86. The summed E-state index contributed by atoms with van der Waals surface area (Å²) in [4.78, 5) is 18.1. The Balaban J connectivity index is 2.17. The molecule has 122 valence electrons. The van der Waals surface area contributed by atoms with Gasteiger partial charge in [-0.15, -0.1) is 0 Å². The number of nitrogens with zero attached hydrogens (tertiary/aromatic N) is 2. The Bertz CT molecular complexity index is 650. The summed E-state index contributed by atoms with van der Waals surface area (Å²) in [5.74, 6) is -0.0577. The predicted molar refractivity (Wildman–Crippen MR) is 97.1 cm³/mol. The van der Waals surface area contributed by atoms with Gasteiger partial charge in [0, 0.05) is 25.0 Å². The fraction of sp³-hybridized carbons (Fsp3) is 0.333. The summed E-state index contributed by atoms with van der Waals surface area (Å²) in [6.07, 6.45) is 1.50. The lowest BCUT2D eigenvalue weighted by atomic mass is 10.0. The Labute approximate surface area is 137 Å². The number of allylic oxidation sites excluding steroid dienone is 1. The number of nitrogens with one attached hydrogen (secondary N) is 2. The van der Waals surface area contributed by atoms with E-state index >= 15 is 0 Å². The lowest BCUT2D eigenvalue weighted by Gasteiger charge is -2.26. The van der Waals surface area contributed by atoms with Crippen LogP contribution in [0.3, 0.4) is 0 Å². The Hall–Kier alpha value is -2.56. The number of hydrogen-bond donors (Lipinski definition) is 2. The van der Waals surface area contributed by atoms with Crippen LogP contribution in [0.25, 0.3) is 5.70 Å². The molecule has 0 bridgehead atoms. The molecular formula is C18H24N4O. The Morgan fingerprint density at radius 1 is 1.52 bits per heavy atom. The quantitative estimate of drug-likeness (QED) is 0.794. The molecule has 1 aromatic rings. The van der Waals surface area contributed by atoms with Crippen molar-refractivity contribution in [3.8, 4) is 0 Å². The van der Waals surface area contributed by atoms with Crippen LogP contribution in [-0.2, 0) is 4.79 Å². The second-order valence-electron chi connectivity index (χ2n) is 5.68. The molecule has 1 aliphatic rings. The van der Waals surface area contributed by atoms with E-state index in [1.54, 1.807) is 0 Å². The second-order valence-corrected chi connectivity index (χ2v) is 5.68. The van der Waals surface area contributed by atoms with E-state index in [-0.39, 0.29) is 11.9 Å². The van der Waals surface area contributed by atoms with E-state index < -0.39 is 0 Å². The summed E-state index contributed by atoms with van der Waals surface area (Å²) in [5.41, 5.74) is 4.25. The maximum absolute atomic E-state index is 12.0. The smallest absolute Gasteiger partial charge is 0.246 e. The minimum Gasteiger partial charge on any atom is -0.374 e. The van der Waals surface area contributed by atoms with Crippen molar-refractivity contribution in [2.24, 2.45) is 4.99 Å². The summed E-state index contributed by atoms with van der Waals surface area (Å²) >= 11 is 0. The SMILES string of the molecule is C=Nc1ccc(C(=C)NC2CCC(=C)NC2=O)cc1N(C)CC. The molecule has 1 saturated heterocycles. The summed E-state index contributed by atoms with van der Waals surface area (Å²) in [6, 6.07) is 5.59. The van der Waals surface area contributed by atoms with Gasteiger partial charge in [-0.1, -0.05) is 19.2 Å². The highest BCUT2D eigenvalue weighted by Gasteiger charge is 2.24. The van der Waals surface area contributed by atoms with Crippen LogP contribution in [0.5, 0.6) is 0 Å². The van der Waals surface area contributed by atoms with Crippen LogP contribution in [0.2, 0.25) is 0 Å². The molecule has 0 radical (unpaired) electrons. The average molecular weight is 312 g/mol. The lowest BCUT2D eigenvalue weighted by molar-refractivity contribution is -0.123. The molecular weight excluding hydrogens is 288 g/mol. The third-order valence-electron chi connectivity index (χ3n) is 4.08. The molecule has 1 amide bonds. The normalized spacial score (nSPS) is 17.4. The third kappa shape index (κ3) is 3.80. The maximum Gasteiger partial charge on any atom is 0.246 e. The first kappa shape index (κ1) is 16.8. The first-order valence-electron chi connectivity index (χ1n) is 7.72. The van der Waals surface area contributed by atoms with E-state index in [9.17, 15) is 4.79 Å². The van der Waals surface area contributed by atoms with Crippen molar-refractivity contribution >= 4 is 29.7 Å². The summed E-state index contributed by atoms with van der Waals surface area (Å²) in [7, 11) is 2.00. The van der Waals surface area contributed by atoms with E-state index in [1.165, 1.54) is 0 Å². The van der Waals surface area contributed by atoms with Crippen molar-refractivity contribution in [2.75, 3.05) is 18.5 Å². The van der Waals surface area contributed by atoms with Crippen molar-refractivity contribution in [1.29, 1.82) is 0 Å². The van der Waals surface area contributed by atoms with Gasteiger partial charge >= 0.3 is 0 Å². The topological polar surface area (TPSA) is 56.7 Å². The first-order chi connectivity index (χ1) is 11.0. The minimum absolute atomic E-state index is 0.0577. The van der Waals surface area contributed by atoms with Crippen LogP contribution in [0.1, 0.15) is 25.3 Å². The highest BCUT2D eigenvalue weighted by atomic mass is 16.2. The van der Waals surface area contributed by atoms with Gasteiger partial charge < -0.3 is 15.5 Å². The van der Waals surface area contributed by atoms with Gasteiger partial charge in [-0.05, 0) is 44.2 Å². The van der Waals surface area contributed by atoms with E-state index in [2.05, 4.69) is 47.3 Å². The number of hydrogen-bond acceptors (Lipinski definition) is 4. The Morgan fingerprint density at radius 3 is 2.87 bits per heavy atom. The molecule has 1 aromatic carbocycles. The molecule has 0 spiro atoms. The molecule has 2 rings (SSSR count). The van der Waals surface area contributed by atoms with Gasteiger partial charge in [0.1, 0.15) is 6.04 Å². The number of piperidine rings is 1. The number of benzene rings is 1. The van der Waals surface area contributed by atoms with Gasteiger partial charge in [0.25, 0.3) is 0 Å². The van der Waals surface area contributed by atoms with E-state index in [0.717, 1.165) is 47.7 Å². The van der Waals surface area contributed by atoms with Crippen LogP contribution in [-0.4, -0.2) is 32.3 Å². The minimum atomic E-state index is -0.280. The van der Waals surface area contributed by atoms with Crippen molar-refractivity contribution in [3.05, 3.63) is 42.6 Å². The van der Waals surface area contributed by atoms with Gasteiger partial charge in [-0.25, -0.2) is 0 Å². The molecule has 0 aromatic heterocycles. The van der Waals surface area contributed by atoms with Crippen LogP contribution < -0.4 is 15.5 Å². The van der Waals surface area contributed by atoms with Crippen molar-refractivity contribution in [1.82, 2.24) is 10.6 Å². The summed E-state index contributed by atoms with van der Waals surface area (Å²) in [6.45, 7) is 14.4. The molecule has 5 heteroatoms. The molecule has 23 heavy (non-hydrogen) atoms. The monoisotopic (exact) mass is 312 g/mol. The Kier molecular flexibility index (Phi) is 5.21. The molecule has 0 aliphatic carbocycles. The average Bonchev–Trinajstić information content (AvgIpc) is 2.55. The van der Waals surface area contributed by atoms with Crippen LogP contribution in [0.15, 0.2) is 42.0 Å². The zero-order valence-electron chi connectivity index (χ0n) is 13.9. The number of aliphatic imine (C=N–C) groups is 1. The zero-order chi connectivity index (χ0) is 17.0. The summed E-state index contributed by atoms with van der Waals surface area (Å²) in [5, 5.41) is 5.99. The number of anilines is 1. The van der Waals surface area contributed by atoms with Crippen molar-refractivity contribution < 1.29 is 4.79 Å². The van der Waals surface area contributed by atoms with Crippen LogP contribution >= 0.6 is 0 Å². The molecule has 1 heterocycles. The van der Waals surface area contributed by atoms with E-state index in [1.807, 2.05) is 25.2 Å². The molecule has 1 atom stereocenters. The van der Waals surface area contributed by atoms with Gasteiger partial charge in [0.15, 0.2) is 0 Å². The second kappa shape index (κ2) is 7.13. The number of carbonyl (C=O) groups excluding carboxylic acids is 1. The highest BCUT2D eigenvalue weighted by Crippen LogP contribution is 2.30. The van der Waals surface area contributed by atoms with Gasteiger partial charge in [0.2, 0.25) is 5.91 Å². The van der Waals surface area contributed by atoms with Gasteiger partial charge in [0.05, 0.1) is 11.4 Å². The molecule has 2 N–H and O–H groups in total. The van der Waals surface area contributed by atoms with Crippen molar-refractivity contribution in [2.45, 2.75) is 25.8 Å². The predicted octanol–water partition coefficient (Wildman–Crippen LogP) is 2.83. The fourth-order valence-corrected chi connectivity index (χ4v) is 2.53. The largest absolute Gasteiger partial charge is 0.374 e. The fourth-order valence-electron chi connectivity index (χ4n) is 2.53. The number of amides is 1.